The Bertz CT molecular complexity index is 174. The molecule has 0 aliphatic carbocycles. The van der Waals surface area contributed by atoms with Crippen molar-refractivity contribution in [3.05, 3.63) is 0 Å². The molecule has 0 amide bonds. The lowest BCUT2D eigenvalue weighted by Gasteiger charge is -2.04. The van der Waals surface area contributed by atoms with Crippen LogP contribution in [0.3, 0.4) is 0 Å². The zero-order valence-corrected chi connectivity index (χ0v) is 10.3. The molecule has 1 atom stereocenters. The van der Waals surface area contributed by atoms with E-state index in [2.05, 4.69) is 6.26 Å². The van der Waals surface area contributed by atoms with Crippen LogP contribution in [0.1, 0.15) is 19.3 Å². The summed E-state index contributed by atoms with van der Waals surface area (Å²) in [6.45, 7) is 0.640. The van der Waals surface area contributed by atoms with Crippen LogP contribution in [0, 0.1) is 5.92 Å². The maximum absolute atomic E-state index is 11.1. The Hall–Kier alpha value is 0.170. The monoisotopic (exact) mass is 234 g/mol. The molecule has 0 aromatic heterocycles. The Labute approximate surface area is 94.5 Å². The number of esters is 1. The minimum absolute atomic E-state index is 0.0229. The SMILES string of the molecule is CSCCCSCCC1CCOC1=O. The second-order valence-corrected chi connectivity index (χ2v) is 5.61. The molecule has 1 saturated heterocycles. The van der Waals surface area contributed by atoms with E-state index in [0.717, 1.165) is 18.6 Å². The normalized spacial score (nSPS) is 21.2. The number of ether oxygens (including phenoxy) is 1. The van der Waals surface area contributed by atoms with Gasteiger partial charge in [-0.1, -0.05) is 0 Å². The summed E-state index contributed by atoms with van der Waals surface area (Å²) in [5, 5.41) is 0. The first-order valence-corrected chi connectivity index (χ1v) is 7.62. The van der Waals surface area contributed by atoms with Crippen LogP contribution in [-0.4, -0.2) is 36.1 Å². The summed E-state index contributed by atoms with van der Waals surface area (Å²) in [5.41, 5.74) is 0. The molecule has 82 valence electrons. The molecule has 2 nitrogen and oxygen atoms in total. The quantitative estimate of drug-likeness (QED) is 0.499. The van der Waals surface area contributed by atoms with Gasteiger partial charge in [-0.2, -0.15) is 23.5 Å². The van der Waals surface area contributed by atoms with Crippen molar-refractivity contribution >= 4 is 29.5 Å². The third kappa shape index (κ3) is 4.60. The molecular weight excluding hydrogens is 216 g/mol. The van der Waals surface area contributed by atoms with Crippen LogP contribution in [0.5, 0.6) is 0 Å². The highest BCUT2D eigenvalue weighted by molar-refractivity contribution is 7.99. The van der Waals surface area contributed by atoms with Crippen molar-refractivity contribution in [3.8, 4) is 0 Å². The van der Waals surface area contributed by atoms with Crippen molar-refractivity contribution in [2.75, 3.05) is 30.1 Å². The Morgan fingerprint density at radius 3 is 2.93 bits per heavy atom. The highest BCUT2D eigenvalue weighted by atomic mass is 32.2. The van der Waals surface area contributed by atoms with E-state index in [0.29, 0.717) is 6.61 Å². The summed E-state index contributed by atoms with van der Waals surface area (Å²) in [5.74, 6) is 3.80. The third-order valence-corrected chi connectivity index (χ3v) is 4.09. The summed E-state index contributed by atoms with van der Waals surface area (Å²) in [6.07, 6.45) is 5.35. The van der Waals surface area contributed by atoms with Gasteiger partial charge in [0, 0.05) is 0 Å². The molecule has 4 heteroatoms. The van der Waals surface area contributed by atoms with Crippen LogP contribution >= 0.6 is 23.5 Å². The van der Waals surface area contributed by atoms with Crippen molar-refractivity contribution in [1.29, 1.82) is 0 Å². The molecule has 0 aromatic rings. The van der Waals surface area contributed by atoms with Gasteiger partial charge < -0.3 is 4.74 Å². The van der Waals surface area contributed by atoms with Crippen LogP contribution in [0.25, 0.3) is 0 Å². The number of thioether (sulfide) groups is 2. The Balaban J connectivity index is 1.90. The molecule has 1 aliphatic rings. The van der Waals surface area contributed by atoms with Gasteiger partial charge in [-0.25, -0.2) is 0 Å². The summed E-state index contributed by atoms with van der Waals surface area (Å²) < 4.78 is 4.91. The molecule has 14 heavy (non-hydrogen) atoms. The third-order valence-electron chi connectivity index (χ3n) is 2.29. The fourth-order valence-electron chi connectivity index (χ4n) is 1.43. The lowest BCUT2D eigenvalue weighted by atomic mass is 10.1. The van der Waals surface area contributed by atoms with Crippen molar-refractivity contribution in [2.45, 2.75) is 19.3 Å². The van der Waals surface area contributed by atoms with Gasteiger partial charge in [0.25, 0.3) is 0 Å². The van der Waals surface area contributed by atoms with Gasteiger partial charge in [-0.15, -0.1) is 0 Å². The molecule has 0 saturated carbocycles. The van der Waals surface area contributed by atoms with Gasteiger partial charge in [0.2, 0.25) is 0 Å². The molecule has 1 unspecified atom stereocenters. The first-order valence-electron chi connectivity index (χ1n) is 5.08. The smallest absolute Gasteiger partial charge is 0.309 e. The molecule has 1 aliphatic heterocycles. The van der Waals surface area contributed by atoms with E-state index in [-0.39, 0.29) is 11.9 Å². The fourth-order valence-corrected chi connectivity index (χ4v) is 3.05. The van der Waals surface area contributed by atoms with Crippen molar-refractivity contribution in [2.24, 2.45) is 5.92 Å². The van der Waals surface area contributed by atoms with Crippen LogP contribution in [0.15, 0.2) is 0 Å². The minimum Gasteiger partial charge on any atom is -0.465 e. The second-order valence-electron chi connectivity index (χ2n) is 3.40. The van der Waals surface area contributed by atoms with Gasteiger partial charge in [0.05, 0.1) is 12.5 Å². The zero-order valence-electron chi connectivity index (χ0n) is 8.66. The van der Waals surface area contributed by atoms with Crippen molar-refractivity contribution in [1.82, 2.24) is 0 Å². The molecule has 1 rings (SSSR count). The standard InChI is InChI=1S/C10H18O2S2/c1-13-6-2-7-14-8-4-9-3-5-12-10(9)11/h9H,2-8H2,1H3. The van der Waals surface area contributed by atoms with E-state index in [1.165, 1.54) is 17.9 Å². The number of carbonyl (C=O) groups excluding carboxylic acids is 1. The summed E-state index contributed by atoms with van der Waals surface area (Å²) in [4.78, 5) is 11.1. The van der Waals surface area contributed by atoms with Crippen molar-refractivity contribution in [3.63, 3.8) is 0 Å². The Morgan fingerprint density at radius 1 is 1.43 bits per heavy atom. The van der Waals surface area contributed by atoms with E-state index in [1.807, 2.05) is 23.5 Å². The van der Waals surface area contributed by atoms with E-state index < -0.39 is 0 Å². The van der Waals surface area contributed by atoms with Gasteiger partial charge >= 0.3 is 5.97 Å². The van der Waals surface area contributed by atoms with Gasteiger partial charge in [-0.05, 0) is 42.8 Å². The number of carbonyl (C=O) groups is 1. The first-order chi connectivity index (χ1) is 6.84. The van der Waals surface area contributed by atoms with Gasteiger partial charge in [0.15, 0.2) is 0 Å². The van der Waals surface area contributed by atoms with Crippen LogP contribution in [-0.2, 0) is 9.53 Å². The van der Waals surface area contributed by atoms with Crippen molar-refractivity contribution < 1.29 is 9.53 Å². The average molecular weight is 234 g/mol. The van der Waals surface area contributed by atoms with E-state index in [9.17, 15) is 4.79 Å². The minimum atomic E-state index is 0.0229. The predicted octanol–water partition coefficient (Wildman–Crippen LogP) is 2.43. The Kier molecular flexibility index (Phi) is 6.52. The summed E-state index contributed by atoms with van der Waals surface area (Å²) in [6, 6.07) is 0. The Morgan fingerprint density at radius 2 is 2.29 bits per heavy atom. The van der Waals surface area contributed by atoms with Gasteiger partial charge in [0.1, 0.15) is 0 Å². The second kappa shape index (κ2) is 7.46. The number of hydrogen-bond acceptors (Lipinski definition) is 4. The summed E-state index contributed by atoms with van der Waals surface area (Å²) in [7, 11) is 0. The summed E-state index contributed by atoms with van der Waals surface area (Å²) >= 11 is 3.86. The van der Waals surface area contributed by atoms with Crippen LogP contribution < -0.4 is 0 Å². The van der Waals surface area contributed by atoms with Gasteiger partial charge in [-0.3, -0.25) is 4.79 Å². The average Bonchev–Trinajstić information content (AvgIpc) is 2.58. The maximum atomic E-state index is 11.1. The van der Waals surface area contributed by atoms with E-state index >= 15 is 0 Å². The number of hydrogen-bond donors (Lipinski definition) is 0. The van der Waals surface area contributed by atoms with E-state index in [1.54, 1.807) is 0 Å². The first kappa shape index (κ1) is 12.2. The molecule has 0 spiro atoms. The molecule has 0 radical (unpaired) electrons. The fraction of sp³-hybridized carbons (Fsp3) is 0.900. The zero-order chi connectivity index (χ0) is 10.2. The largest absolute Gasteiger partial charge is 0.465 e. The predicted molar refractivity (Wildman–Crippen MR) is 64.0 cm³/mol. The lowest BCUT2D eigenvalue weighted by Crippen LogP contribution is -2.08. The number of rotatable bonds is 7. The topological polar surface area (TPSA) is 26.3 Å². The number of cyclic esters (lactones) is 1. The van der Waals surface area contributed by atoms with E-state index in [4.69, 9.17) is 4.74 Å². The maximum Gasteiger partial charge on any atom is 0.309 e. The molecule has 1 heterocycles. The molecule has 1 fully saturated rings. The molecule has 0 bridgehead atoms. The lowest BCUT2D eigenvalue weighted by molar-refractivity contribution is -0.141. The van der Waals surface area contributed by atoms with Crippen LogP contribution in [0.2, 0.25) is 0 Å². The molecule has 0 aromatic carbocycles. The highest BCUT2D eigenvalue weighted by Gasteiger charge is 2.25. The van der Waals surface area contributed by atoms with Crippen LogP contribution in [0.4, 0.5) is 0 Å². The molecule has 0 N–H and O–H groups in total. The highest BCUT2D eigenvalue weighted by Crippen LogP contribution is 2.20. The molecular formula is C10H18O2S2.